The number of amides is 1. The second kappa shape index (κ2) is 5.59. The molecule has 6 heteroatoms. The van der Waals surface area contributed by atoms with Crippen LogP contribution in [0.1, 0.15) is 33.5 Å². The third-order valence-electron chi connectivity index (χ3n) is 2.34. The van der Waals surface area contributed by atoms with Gasteiger partial charge in [0.05, 0.1) is 4.88 Å². The van der Waals surface area contributed by atoms with Crippen molar-refractivity contribution in [2.24, 2.45) is 0 Å². The fraction of sp³-hybridized carbons (Fsp3) is 0.250. The molecule has 1 atom stereocenters. The van der Waals surface area contributed by atoms with Crippen LogP contribution in [0.5, 0.6) is 0 Å². The van der Waals surface area contributed by atoms with Gasteiger partial charge in [0.1, 0.15) is 6.26 Å². The van der Waals surface area contributed by atoms with Crippen LogP contribution in [-0.4, -0.2) is 22.9 Å². The number of hydrogen-bond donors (Lipinski definition) is 1. The number of hydrogen-bond acceptors (Lipinski definition) is 5. The van der Waals surface area contributed by atoms with Crippen LogP contribution < -0.4 is 5.32 Å². The second-order valence-electron chi connectivity index (χ2n) is 3.86. The zero-order valence-corrected chi connectivity index (χ0v) is 10.6. The normalized spacial score (nSPS) is 12.1. The van der Waals surface area contributed by atoms with Crippen LogP contribution in [-0.2, 0) is 0 Å². The summed E-state index contributed by atoms with van der Waals surface area (Å²) in [5.41, 5.74) is 0.213. The van der Waals surface area contributed by atoms with Crippen molar-refractivity contribution in [2.45, 2.75) is 19.4 Å². The molecule has 0 spiro atoms. The first-order valence-electron chi connectivity index (χ1n) is 5.45. The molecule has 2 rings (SSSR count). The lowest BCUT2D eigenvalue weighted by Crippen LogP contribution is -2.34. The third-order valence-corrected chi connectivity index (χ3v) is 3.25. The highest BCUT2D eigenvalue weighted by Crippen LogP contribution is 2.12. The van der Waals surface area contributed by atoms with Crippen molar-refractivity contribution in [3.05, 3.63) is 40.4 Å². The van der Waals surface area contributed by atoms with Crippen LogP contribution >= 0.6 is 11.3 Å². The predicted molar refractivity (Wildman–Crippen MR) is 66.7 cm³/mol. The summed E-state index contributed by atoms with van der Waals surface area (Å²) in [5, 5.41) is 8.08. The van der Waals surface area contributed by atoms with Gasteiger partial charge >= 0.3 is 0 Å². The lowest BCUT2D eigenvalue weighted by atomic mass is 10.1. The summed E-state index contributed by atoms with van der Waals surface area (Å²) in [6, 6.07) is 4.84. The fourth-order valence-corrected chi connectivity index (χ4v) is 2.17. The molecule has 0 unspecified atom stereocenters. The minimum Gasteiger partial charge on any atom is -0.364 e. The molecule has 2 heterocycles. The summed E-state index contributed by atoms with van der Waals surface area (Å²) in [7, 11) is 0. The van der Waals surface area contributed by atoms with Gasteiger partial charge in [0.15, 0.2) is 11.5 Å². The summed E-state index contributed by atoms with van der Waals surface area (Å²) < 4.78 is 4.58. The Bertz CT molecular complexity index is 471. The van der Waals surface area contributed by atoms with Gasteiger partial charge in [0.25, 0.3) is 5.91 Å². The lowest BCUT2D eigenvalue weighted by Gasteiger charge is -2.11. The molecule has 2 aromatic rings. The number of nitrogens with zero attached hydrogens (tertiary/aromatic N) is 1. The molecule has 0 bridgehead atoms. The molecule has 94 valence electrons. The summed E-state index contributed by atoms with van der Waals surface area (Å²) >= 11 is 1.40. The molecule has 0 aliphatic heterocycles. The van der Waals surface area contributed by atoms with Gasteiger partial charge in [-0.1, -0.05) is 11.2 Å². The quantitative estimate of drug-likeness (QED) is 0.840. The first kappa shape index (κ1) is 12.5. The lowest BCUT2D eigenvalue weighted by molar-refractivity contribution is 0.0912. The van der Waals surface area contributed by atoms with Gasteiger partial charge in [-0.3, -0.25) is 9.59 Å². The smallest absolute Gasteiger partial charge is 0.273 e. The Morgan fingerprint density at radius 2 is 2.33 bits per heavy atom. The van der Waals surface area contributed by atoms with Gasteiger partial charge in [-0.05, 0) is 18.4 Å². The molecule has 2 aromatic heterocycles. The van der Waals surface area contributed by atoms with Crippen molar-refractivity contribution in [3.63, 3.8) is 0 Å². The van der Waals surface area contributed by atoms with Crippen molar-refractivity contribution >= 4 is 23.0 Å². The maximum absolute atomic E-state index is 11.8. The fourth-order valence-electron chi connectivity index (χ4n) is 1.49. The molecule has 0 fully saturated rings. The summed E-state index contributed by atoms with van der Waals surface area (Å²) in [6.07, 6.45) is 1.60. The molecule has 0 aliphatic carbocycles. The zero-order valence-electron chi connectivity index (χ0n) is 9.75. The van der Waals surface area contributed by atoms with Crippen molar-refractivity contribution in [1.29, 1.82) is 0 Å². The van der Waals surface area contributed by atoms with Gasteiger partial charge in [-0.2, -0.15) is 0 Å². The van der Waals surface area contributed by atoms with Crippen LogP contribution in [0.3, 0.4) is 0 Å². The SMILES string of the molecule is C[C@H](CC(=O)c1cccs1)NC(=O)c1ccon1. The predicted octanol–water partition coefficient (Wildman–Crippen LogP) is 2.13. The van der Waals surface area contributed by atoms with Crippen LogP contribution in [0, 0.1) is 0 Å². The van der Waals surface area contributed by atoms with Gasteiger partial charge in [-0.15, -0.1) is 11.3 Å². The Balaban J connectivity index is 1.87. The van der Waals surface area contributed by atoms with Crippen molar-refractivity contribution in [1.82, 2.24) is 10.5 Å². The van der Waals surface area contributed by atoms with E-state index in [1.165, 1.54) is 23.7 Å². The Labute approximate surface area is 108 Å². The van der Waals surface area contributed by atoms with E-state index in [2.05, 4.69) is 15.0 Å². The van der Waals surface area contributed by atoms with E-state index in [-0.39, 0.29) is 29.8 Å². The van der Waals surface area contributed by atoms with E-state index < -0.39 is 0 Å². The topological polar surface area (TPSA) is 72.2 Å². The van der Waals surface area contributed by atoms with E-state index in [4.69, 9.17) is 0 Å². The molecule has 0 saturated carbocycles. The van der Waals surface area contributed by atoms with E-state index >= 15 is 0 Å². The Morgan fingerprint density at radius 3 is 2.94 bits per heavy atom. The average molecular weight is 264 g/mol. The van der Waals surface area contributed by atoms with E-state index in [1.54, 1.807) is 13.0 Å². The van der Waals surface area contributed by atoms with E-state index in [1.807, 2.05) is 11.4 Å². The Kier molecular flexibility index (Phi) is 3.88. The highest BCUT2D eigenvalue weighted by atomic mass is 32.1. The Morgan fingerprint density at radius 1 is 1.50 bits per heavy atom. The Hall–Kier alpha value is -1.95. The van der Waals surface area contributed by atoms with E-state index in [0.29, 0.717) is 4.88 Å². The molecule has 0 radical (unpaired) electrons. The van der Waals surface area contributed by atoms with Crippen LogP contribution in [0.2, 0.25) is 0 Å². The highest BCUT2D eigenvalue weighted by molar-refractivity contribution is 7.12. The van der Waals surface area contributed by atoms with Crippen LogP contribution in [0.15, 0.2) is 34.4 Å². The third kappa shape index (κ3) is 3.04. The van der Waals surface area contributed by atoms with E-state index in [0.717, 1.165) is 0 Å². The molecule has 5 nitrogen and oxygen atoms in total. The van der Waals surface area contributed by atoms with Gasteiger partial charge in [0, 0.05) is 18.5 Å². The number of carbonyl (C=O) groups is 2. The number of aromatic nitrogens is 1. The highest BCUT2D eigenvalue weighted by Gasteiger charge is 2.16. The van der Waals surface area contributed by atoms with Crippen molar-refractivity contribution in [2.75, 3.05) is 0 Å². The number of nitrogens with one attached hydrogen (secondary N) is 1. The van der Waals surface area contributed by atoms with Gasteiger partial charge in [0.2, 0.25) is 0 Å². The molecule has 0 saturated heterocycles. The molecule has 0 aliphatic rings. The minimum atomic E-state index is -0.338. The molecule has 1 amide bonds. The van der Waals surface area contributed by atoms with Crippen molar-refractivity contribution in [3.8, 4) is 0 Å². The largest absolute Gasteiger partial charge is 0.364 e. The van der Waals surface area contributed by atoms with Gasteiger partial charge < -0.3 is 9.84 Å². The van der Waals surface area contributed by atoms with Crippen molar-refractivity contribution < 1.29 is 14.1 Å². The number of carbonyl (C=O) groups excluding carboxylic acids is 2. The second-order valence-corrected chi connectivity index (χ2v) is 4.81. The maximum Gasteiger partial charge on any atom is 0.273 e. The molecule has 0 aromatic carbocycles. The first-order chi connectivity index (χ1) is 8.66. The summed E-state index contributed by atoms with van der Waals surface area (Å²) in [5.74, 6) is -0.312. The zero-order chi connectivity index (χ0) is 13.0. The summed E-state index contributed by atoms with van der Waals surface area (Å²) in [4.78, 5) is 24.2. The number of ketones is 1. The molecule has 1 N–H and O–H groups in total. The van der Waals surface area contributed by atoms with E-state index in [9.17, 15) is 9.59 Å². The standard InChI is InChI=1S/C12H12N2O3S/c1-8(7-10(15)11-3-2-6-18-11)13-12(16)9-4-5-17-14-9/h2-6,8H,7H2,1H3,(H,13,16)/t8-/m1/s1. The number of rotatable bonds is 5. The minimum absolute atomic E-state index is 0.0259. The monoisotopic (exact) mass is 264 g/mol. The first-order valence-corrected chi connectivity index (χ1v) is 6.32. The maximum atomic E-state index is 11.8. The number of thiophene rings is 1. The molecule has 18 heavy (non-hydrogen) atoms. The van der Waals surface area contributed by atoms with Crippen LogP contribution in [0.4, 0.5) is 0 Å². The molecular weight excluding hydrogens is 252 g/mol. The van der Waals surface area contributed by atoms with Crippen LogP contribution in [0.25, 0.3) is 0 Å². The van der Waals surface area contributed by atoms with Gasteiger partial charge in [-0.25, -0.2) is 0 Å². The average Bonchev–Trinajstić information content (AvgIpc) is 3.02. The molecular formula is C12H12N2O3S. The number of Topliss-reactive ketones (excluding diaryl/α,β-unsaturated/α-hetero) is 1. The summed E-state index contributed by atoms with van der Waals surface area (Å²) in [6.45, 7) is 1.78.